The maximum absolute atomic E-state index is 12.0. The predicted molar refractivity (Wildman–Crippen MR) is 72.6 cm³/mol. The summed E-state index contributed by atoms with van der Waals surface area (Å²) in [6.45, 7) is 0.336. The molecule has 104 valence electrons. The Labute approximate surface area is 112 Å². The fraction of sp³-hybridized carbons (Fsp3) is 0.417. The zero-order chi connectivity index (χ0) is 13.9. The van der Waals surface area contributed by atoms with Crippen molar-refractivity contribution < 1.29 is 13.2 Å². The first-order valence-corrected chi connectivity index (χ1v) is 7.71. The van der Waals surface area contributed by atoms with Crippen molar-refractivity contribution in [1.82, 2.24) is 10.0 Å². The van der Waals surface area contributed by atoms with Crippen molar-refractivity contribution in [2.75, 3.05) is 12.3 Å². The molecule has 2 rings (SSSR count). The van der Waals surface area contributed by atoms with E-state index in [1.807, 2.05) is 0 Å². The fourth-order valence-corrected chi connectivity index (χ4v) is 3.46. The number of nitrogen functional groups attached to an aromatic ring is 1. The molecule has 0 radical (unpaired) electrons. The van der Waals surface area contributed by atoms with Gasteiger partial charge in [-0.1, -0.05) is 18.2 Å². The van der Waals surface area contributed by atoms with E-state index in [0.29, 0.717) is 30.6 Å². The molecule has 1 aliphatic heterocycles. The van der Waals surface area contributed by atoms with E-state index in [4.69, 9.17) is 5.73 Å². The number of piperidine rings is 1. The number of para-hydroxylation sites is 1. The van der Waals surface area contributed by atoms with Crippen LogP contribution in [-0.4, -0.2) is 26.9 Å². The molecule has 1 aliphatic rings. The van der Waals surface area contributed by atoms with Crippen LogP contribution in [0.4, 0.5) is 5.69 Å². The molecular formula is C12H17N3O3S. The van der Waals surface area contributed by atoms with Gasteiger partial charge < -0.3 is 11.1 Å². The number of rotatable bonds is 4. The molecule has 1 aromatic carbocycles. The molecule has 0 bridgehead atoms. The van der Waals surface area contributed by atoms with Crippen molar-refractivity contribution in [3.8, 4) is 0 Å². The number of anilines is 1. The molecule has 1 heterocycles. The summed E-state index contributed by atoms with van der Waals surface area (Å²) in [5.74, 6) is -0.188. The summed E-state index contributed by atoms with van der Waals surface area (Å²) in [7, 11) is -3.46. The van der Waals surface area contributed by atoms with E-state index in [2.05, 4.69) is 10.0 Å². The second-order valence-corrected chi connectivity index (χ2v) is 6.37. The number of sulfonamides is 1. The van der Waals surface area contributed by atoms with Crippen molar-refractivity contribution in [2.24, 2.45) is 0 Å². The van der Waals surface area contributed by atoms with E-state index in [9.17, 15) is 13.2 Å². The van der Waals surface area contributed by atoms with Crippen molar-refractivity contribution in [3.05, 3.63) is 29.8 Å². The molecule has 0 aromatic heterocycles. The molecule has 1 unspecified atom stereocenters. The Kier molecular flexibility index (Phi) is 4.06. The van der Waals surface area contributed by atoms with Crippen molar-refractivity contribution in [1.29, 1.82) is 0 Å². The number of hydrogen-bond donors (Lipinski definition) is 3. The van der Waals surface area contributed by atoms with Gasteiger partial charge in [-0.15, -0.1) is 0 Å². The van der Waals surface area contributed by atoms with Crippen LogP contribution < -0.4 is 15.8 Å². The monoisotopic (exact) mass is 283 g/mol. The minimum atomic E-state index is -3.46. The first-order valence-electron chi connectivity index (χ1n) is 6.06. The van der Waals surface area contributed by atoms with Gasteiger partial charge in [0.1, 0.15) is 0 Å². The molecule has 0 spiro atoms. The van der Waals surface area contributed by atoms with E-state index in [0.717, 1.165) is 0 Å². The van der Waals surface area contributed by atoms with Crippen molar-refractivity contribution in [3.63, 3.8) is 0 Å². The van der Waals surface area contributed by atoms with Crippen LogP contribution in [0.5, 0.6) is 0 Å². The number of nitrogens with two attached hydrogens (primary N) is 1. The van der Waals surface area contributed by atoms with Gasteiger partial charge in [0.2, 0.25) is 15.9 Å². The first-order chi connectivity index (χ1) is 8.96. The topological polar surface area (TPSA) is 101 Å². The summed E-state index contributed by atoms with van der Waals surface area (Å²) in [6.07, 6.45) is 0.871. The molecule has 1 saturated heterocycles. The number of amides is 1. The van der Waals surface area contributed by atoms with Crippen LogP contribution in [-0.2, 0) is 20.6 Å². The maximum Gasteiger partial charge on any atom is 0.220 e. The van der Waals surface area contributed by atoms with Gasteiger partial charge in [0.05, 0.1) is 5.75 Å². The highest BCUT2D eigenvalue weighted by Gasteiger charge is 2.23. The molecule has 7 heteroatoms. The van der Waals surface area contributed by atoms with Crippen molar-refractivity contribution >= 4 is 21.6 Å². The average Bonchev–Trinajstić information content (AvgIpc) is 2.35. The third-order valence-electron chi connectivity index (χ3n) is 3.01. The van der Waals surface area contributed by atoms with Gasteiger partial charge in [-0.25, -0.2) is 13.1 Å². The zero-order valence-electron chi connectivity index (χ0n) is 10.4. The van der Waals surface area contributed by atoms with Crippen LogP contribution in [0.1, 0.15) is 18.4 Å². The lowest BCUT2D eigenvalue weighted by molar-refractivity contribution is -0.122. The van der Waals surface area contributed by atoms with Crippen molar-refractivity contribution in [2.45, 2.75) is 24.6 Å². The lowest BCUT2D eigenvalue weighted by Gasteiger charge is -2.23. The number of carbonyl (C=O) groups is 1. The minimum Gasteiger partial charge on any atom is -0.398 e. The third-order valence-corrected chi connectivity index (χ3v) is 4.40. The third kappa shape index (κ3) is 3.93. The van der Waals surface area contributed by atoms with E-state index in [1.165, 1.54) is 0 Å². The second-order valence-electron chi connectivity index (χ2n) is 4.62. The van der Waals surface area contributed by atoms with Crippen LogP contribution in [0.25, 0.3) is 0 Å². The van der Waals surface area contributed by atoms with E-state index in [-0.39, 0.29) is 17.7 Å². The molecule has 4 N–H and O–H groups in total. The normalized spacial score (nSPS) is 20.0. The largest absolute Gasteiger partial charge is 0.398 e. The van der Waals surface area contributed by atoms with Crippen LogP contribution >= 0.6 is 0 Å². The molecule has 1 amide bonds. The number of benzene rings is 1. The summed E-state index contributed by atoms with van der Waals surface area (Å²) >= 11 is 0. The molecule has 1 fully saturated rings. The highest BCUT2D eigenvalue weighted by atomic mass is 32.2. The molecule has 0 saturated carbocycles. The Morgan fingerprint density at radius 2 is 2.11 bits per heavy atom. The van der Waals surface area contributed by atoms with E-state index >= 15 is 0 Å². The van der Waals surface area contributed by atoms with Gasteiger partial charge in [-0.2, -0.15) is 0 Å². The molecular weight excluding hydrogens is 266 g/mol. The lowest BCUT2D eigenvalue weighted by atomic mass is 10.1. The second kappa shape index (κ2) is 5.58. The van der Waals surface area contributed by atoms with Crippen LogP contribution in [0.3, 0.4) is 0 Å². The van der Waals surface area contributed by atoms with Gasteiger partial charge in [0.15, 0.2) is 0 Å². The quantitative estimate of drug-likeness (QED) is 0.675. The standard InChI is InChI=1S/C12H17N3O3S/c13-11-4-2-1-3-9(11)8-19(17,18)15-10-5-6-12(16)14-7-10/h1-4,10,15H,5-8,13H2,(H,14,16). The van der Waals surface area contributed by atoms with Crippen LogP contribution in [0, 0.1) is 0 Å². The first kappa shape index (κ1) is 13.8. The predicted octanol–water partition coefficient (Wildman–Crippen LogP) is -0.0332. The van der Waals surface area contributed by atoms with Gasteiger partial charge >= 0.3 is 0 Å². The Morgan fingerprint density at radius 3 is 2.74 bits per heavy atom. The Hall–Kier alpha value is -1.60. The zero-order valence-corrected chi connectivity index (χ0v) is 11.2. The molecule has 19 heavy (non-hydrogen) atoms. The van der Waals surface area contributed by atoms with Gasteiger partial charge in [-0.3, -0.25) is 4.79 Å². The Morgan fingerprint density at radius 1 is 1.37 bits per heavy atom. The van der Waals surface area contributed by atoms with Gasteiger partial charge in [-0.05, 0) is 18.1 Å². The van der Waals surface area contributed by atoms with E-state index < -0.39 is 10.0 Å². The smallest absolute Gasteiger partial charge is 0.220 e. The maximum atomic E-state index is 12.0. The molecule has 1 aromatic rings. The number of hydrogen-bond acceptors (Lipinski definition) is 4. The highest BCUT2D eigenvalue weighted by molar-refractivity contribution is 7.88. The summed E-state index contributed by atoms with van der Waals surface area (Å²) < 4.78 is 26.6. The number of carbonyl (C=O) groups excluding carboxylic acids is 1. The summed E-state index contributed by atoms with van der Waals surface area (Å²) in [5, 5.41) is 2.64. The molecule has 6 nitrogen and oxygen atoms in total. The number of nitrogens with one attached hydrogen (secondary N) is 2. The SMILES string of the molecule is Nc1ccccc1CS(=O)(=O)NC1CCC(=O)NC1. The highest BCUT2D eigenvalue weighted by Crippen LogP contribution is 2.14. The van der Waals surface area contributed by atoms with Gasteiger partial charge in [0, 0.05) is 24.7 Å². The van der Waals surface area contributed by atoms with Crippen LogP contribution in [0.2, 0.25) is 0 Å². The Balaban J connectivity index is 1.99. The van der Waals surface area contributed by atoms with E-state index in [1.54, 1.807) is 24.3 Å². The Bertz CT molecular complexity index is 561. The fourth-order valence-electron chi connectivity index (χ4n) is 2.00. The minimum absolute atomic E-state index is 0.0391. The lowest BCUT2D eigenvalue weighted by Crippen LogP contribution is -2.47. The van der Waals surface area contributed by atoms with Crippen LogP contribution in [0.15, 0.2) is 24.3 Å². The molecule has 0 aliphatic carbocycles. The summed E-state index contributed by atoms with van der Waals surface area (Å²) in [6, 6.07) is 6.63. The van der Waals surface area contributed by atoms with Gasteiger partial charge in [0.25, 0.3) is 0 Å². The molecule has 1 atom stereocenters. The summed E-state index contributed by atoms with van der Waals surface area (Å²) in [5.41, 5.74) is 6.77. The average molecular weight is 283 g/mol. The summed E-state index contributed by atoms with van der Waals surface area (Å²) in [4.78, 5) is 11.0.